The lowest BCUT2D eigenvalue weighted by atomic mass is 10.0. The largest absolute Gasteiger partial charge is 0.352 e. The van der Waals surface area contributed by atoms with Crippen molar-refractivity contribution < 1.29 is 4.79 Å². The maximum Gasteiger partial charge on any atom is 0.243 e. The summed E-state index contributed by atoms with van der Waals surface area (Å²) in [5, 5.41) is 7.31. The summed E-state index contributed by atoms with van der Waals surface area (Å²) in [6.45, 7) is 10.2. The Kier molecular flexibility index (Phi) is 4.69. The molecule has 24 heavy (non-hydrogen) atoms. The van der Waals surface area contributed by atoms with Gasteiger partial charge in [-0.15, -0.1) is 0 Å². The number of carbonyl (C=O) groups is 1. The monoisotopic (exact) mass is 324 g/mol. The van der Waals surface area contributed by atoms with Crippen LogP contribution in [-0.2, 0) is 11.3 Å². The molecule has 1 N–H and O–H groups in total. The zero-order valence-corrected chi connectivity index (χ0v) is 14.3. The highest BCUT2D eigenvalue weighted by Crippen LogP contribution is 2.31. The topological polar surface area (TPSA) is 50.2 Å². The standard InChI is InChI=1S/C19H24N4O/c1-4-18(24)20-11-15-12-22(19-9-10-21-23(19)13-15)17-7-5-16(6-8-17)14(2)3/h4-10,14-15H,1,11-13H2,2-3H3,(H,20,24)/t15-/m0/s1. The summed E-state index contributed by atoms with van der Waals surface area (Å²) in [6, 6.07) is 10.7. The van der Waals surface area contributed by atoms with Crippen LogP contribution in [0.5, 0.6) is 0 Å². The molecule has 0 spiro atoms. The minimum atomic E-state index is -0.130. The van der Waals surface area contributed by atoms with E-state index < -0.39 is 0 Å². The van der Waals surface area contributed by atoms with E-state index in [-0.39, 0.29) is 5.91 Å². The number of hydrogen-bond acceptors (Lipinski definition) is 3. The van der Waals surface area contributed by atoms with E-state index in [9.17, 15) is 4.79 Å². The van der Waals surface area contributed by atoms with Gasteiger partial charge in [-0.25, -0.2) is 4.68 Å². The average molecular weight is 324 g/mol. The lowest BCUT2D eigenvalue weighted by Gasteiger charge is -2.35. The third-order valence-electron chi connectivity index (χ3n) is 4.46. The molecule has 1 aromatic heterocycles. The van der Waals surface area contributed by atoms with Crippen molar-refractivity contribution in [2.45, 2.75) is 26.3 Å². The van der Waals surface area contributed by atoms with E-state index in [0.717, 1.165) is 24.6 Å². The van der Waals surface area contributed by atoms with Crippen LogP contribution < -0.4 is 10.2 Å². The van der Waals surface area contributed by atoms with Gasteiger partial charge in [0.25, 0.3) is 0 Å². The van der Waals surface area contributed by atoms with Crippen molar-refractivity contribution in [3.05, 3.63) is 54.7 Å². The molecule has 2 aromatic rings. The second-order valence-electron chi connectivity index (χ2n) is 6.54. The zero-order valence-electron chi connectivity index (χ0n) is 14.3. The minimum absolute atomic E-state index is 0.130. The molecule has 1 amide bonds. The van der Waals surface area contributed by atoms with E-state index in [4.69, 9.17) is 0 Å². The van der Waals surface area contributed by atoms with Gasteiger partial charge in [0.15, 0.2) is 0 Å². The molecule has 2 heterocycles. The second-order valence-corrected chi connectivity index (χ2v) is 6.54. The Morgan fingerprint density at radius 3 is 2.75 bits per heavy atom. The summed E-state index contributed by atoms with van der Waals surface area (Å²) in [6.07, 6.45) is 3.14. The third kappa shape index (κ3) is 3.35. The number of nitrogens with one attached hydrogen (secondary N) is 1. The number of benzene rings is 1. The molecule has 0 unspecified atom stereocenters. The van der Waals surface area contributed by atoms with Crippen molar-refractivity contribution in [3.63, 3.8) is 0 Å². The first kappa shape index (κ1) is 16.3. The van der Waals surface area contributed by atoms with Gasteiger partial charge < -0.3 is 10.2 Å². The molecule has 0 bridgehead atoms. The summed E-state index contributed by atoms with van der Waals surface area (Å²) in [7, 11) is 0. The van der Waals surface area contributed by atoms with Crippen LogP contribution in [0, 0.1) is 5.92 Å². The highest BCUT2D eigenvalue weighted by atomic mass is 16.1. The number of hydrogen-bond donors (Lipinski definition) is 1. The second kappa shape index (κ2) is 6.91. The Labute approximate surface area is 143 Å². The van der Waals surface area contributed by atoms with Gasteiger partial charge in [0, 0.05) is 37.3 Å². The molecule has 0 saturated heterocycles. The van der Waals surface area contributed by atoms with Crippen molar-refractivity contribution in [3.8, 4) is 0 Å². The van der Waals surface area contributed by atoms with Crippen molar-refractivity contribution >= 4 is 17.4 Å². The lowest BCUT2D eigenvalue weighted by molar-refractivity contribution is -0.116. The first-order valence-corrected chi connectivity index (χ1v) is 8.38. The predicted molar refractivity (Wildman–Crippen MR) is 96.5 cm³/mol. The Balaban J connectivity index is 1.81. The van der Waals surface area contributed by atoms with Gasteiger partial charge in [-0.05, 0) is 29.7 Å². The SMILES string of the molecule is C=CC(=O)NC[C@H]1CN(c2ccc(C(C)C)cc2)c2ccnn2C1. The number of fused-ring (bicyclic) bond motifs is 1. The molecule has 1 aliphatic rings. The number of amides is 1. The van der Waals surface area contributed by atoms with Gasteiger partial charge in [-0.2, -0.15) is 5.10 Å². The fraction of sp³-hybridized carbons (Fsp3) is 0.368. The van der Waals surface area contributed by atoms with Gasteiger partial charge in [0.2, 0.25) is 5.91 Å². The molecule has 5 nitrogen and oxygen atoms in total. The van der Waals surface area contributed by atoms with E-state index in [1.165, 1.54) is 11.6 Å². The van der Waals surface area contributed by atoms with Crippen LogP contribution in [0.2, 0.25) is 0 Å². The number of rotatable bonds is 5. The van der Waals surface area contributed by atoms with E-state index in [0.29, 0.717) is 18.4 Å². The molecule has 0 fully saturated rings. The van der Waals surface area contributed by atoms with Crippen molar-refractivity contribution in [1.29, 1.82) is 0 Å². The summed E-state index contributed by atoms with van der Waals surface area (Å²) in [5.74, 6) is 1.78. The summed E-state index contributed by atoms with van der Waals surface area (Å²) in [4.78, 5) is 13.7. The fourth-order valence-corrected chi connectivity index (χ4v) is 3.07. The first-order valence-electron chi connectivity index (χ1n) is 8.38. The molecule has 1 aliphatic heterocycles. The van der Waals surface area contributed by atoms with Crippen LogP contribution in [0.3, 0.4) is 0 Å². The van der Waals surface area contributed by atoms with Crippen LogP contribution in [0.4, 0.5) is 11.5 Å². The maximum absolute atomic E-state index is 11.4. The summed E-state index contributed by atoms with van der Waals surface area (Å²) >= 11 is 0. The Morgan fingerprint density at radius 2 is 2.08 bits per heavy atom. The van der Waals surface area contributed by atoms with Crippen LogP contribution >= 0.6 is 0 Å². The molecule has 0 saturated carbocycles. The summed E-state index contributed by atoms with van der Waals surface area (Å²) in [5.41, 5.74) is 2.49. The zero-order chi connectivity index (χ0) is 17.1. The van der Waals surface area contributed by atoms with E-state index in [2.05, 4.69) is 60.0 Å². The van der Waals surface area contributed by atoms with Crippen LogP contribution in [-0.4, -0.2) is 28.8 Å². The molecule has 126 valence electrons. The van der Waals surface area contributed by atoms with Gasteiger partial charge in [0.05, 0.1) is 6.20 Å². The number of carbonyl (C=O) groups excluding carboxylic acids is 1. The Morgan fingerprint density at radius 1 is 1.33 bits per heavy atom. The fourth-order valence-electron chi connectivity index (χ4n) is 3.07. The van der Waals surface area contributed by atoms with Crippen LogP contribution in [0.15, 0.2) is 49.2 Å². The molecule has 1 aromatic carbocycles. The van der Waals surface area contributed by atoms with Crippen molar-refractivity contribution in [1.82, 2.24) is 15.1 Å². The van der Waals surface area contributed by atoms with Crippen molar-refractivity contribution in [2.75, 3.05) is 18.0 Å². The van der Waals surface area contributed by atoms with Gasteiger partial charge in [-0.3, -0.25) is 4.79 Å². The number of aromatic nitrogens is 2. The minimum Gasteiger partial charge on any atom is -0.352 e. The maximum atomic E-state index is 11.4. The molecule has 3 rings (SSSR count). The van der Waals surface area contributed by atoms with Crippen LogP contribution in [0.25, 0.3) is 0 Å². The van der Waals surface area contributed by atoms with E-state index >= 15 is 0 Å². The molecule has 5 heteroatoms. The molecular weight excluding hydrogens is 300 g/mol. The highest BCUT2D eigenvalue weighted by Gasteiger charge is 2.26. The number of nitrogens with zero attached hydrogens (tertiary/aromatic N) is 3. The summed E-state index contributed by atoms with van der Waals surface area (Å²) < 4.78 is 2.00. The Hall–Kier alpha value is -2.56. The third-order valence-corrected chi connectivity index (χ3v) is 4.46. The number of anilines is 2. The Bertz CT molecular complexity index is 717. The molecule has 0 radical (unpaired) electrons. The first-order chi connectivity index (χ1) is 11.6. The van der Waals surface area contributed by atoms with Gasteiger partial charge >= 0.3 is 0 Å². The molecule has 1 atom stereocenters. The predicted octanol–water partition coefficient (Wildman–Crippen LogP) is 3.08. The van der Waals surface area contributed by atoms with E-state index in [1.807, 2.05) is 16.9 Å². The quantitative estimate of drug-likeness (QED) is 0.860. The average Bonchev–Trinajstić information content (AvgIpc) is 3.07. The van der Waals surface area contributed by atoms with Crippen molar-refractivity contribution in [2.24, 2.45) is 5.92 Å². The molecule has 0 aliphatic carbocycles. The smallest absolute Gasteiger partial charge is 0.243 e. The van der Waals surface area contributed by atoms with Gasteiger partial charge in [0.1, 0.15) is 5.82 Å². The highest BCUT2D eigenvalue weighted by molar-refractivity contribution is 5.86. The van der Waals surface area contributed by atoms with Crippen LogP contribution in [0.1, 0.15) is 25.3 Å². The normalized spacial score (nSPS) is 16.8. The molecular formula is C19H24N4O. The lowest BCUT2D eigenvalue weighted by Crippen LogP contribution is -2.41. The van der Waals surface area contributed by atoms with E-state index in [1.54, 1.807) is 0 Å². The van der Waals surface area contributed by atoms with Gasteiger partial charge in [-0.1, -0.05) is 32.6 Å².